The number of fused-ring (bicyclic) bond motifs is 1. The van der Waals surface area contributed by atoms with Crippen LogP contribution in [0.5, 0.6) is 5.75 Å². The third-order valence-electron chi connectivity index (χ3n) is 8.63. The number of nitrogens with zero attached hydrogens (tertiary/aromatic N) is 4. The molecule has 1 amide bonds. The number of carbonyl (C=O) groups excluding carboxylic acids is 3. The molecule has 3 atom stereocenters. The van der Waals surface area contributed by atoms with Crippen LogP contribution in [0.15, 0.2) is 88.2 Å². The summed E-state index contributed by atoms with van der Waals surface area (Å²) in [6, 6.07) is 19.3. The van der Waals surface area contributed by atoms with Crippen molar-refractivity contribution in [1.29, 1.82) is 0 Å². The average Bonchev–Trinajstić information content (AvgIpc) is 3.59. The second-order valence-corrected chi connectivity index (χ2v) is 13.5. The van der Waals surface area contributed by atoms with Gasteiger partial charge in [-0.25, -0.2) is 14.6 Å². The van der Waals surface area contributed by atoms with E-state index in [1.807, 2.05) is 44.2 Å². The number of aliphatic hydroxyl groups is 1. The third-order valence-corrected chi connectivity index (χ3v) is 8.63. The molecule has 284 valence electrons. The minimum absolute atomic E-state index is 0.106. The molecule has 14 heteroatoms. The summed E-state index contributed by atoms with van der Waals surface area (Å²) < 4.78 is 18.3. The van der Waals surface area contributed by atoms with E-state index in [4.69, 9.17) is 19.6 Å². The summed E-state index contributed by atoms with van der Waals surface area (Å²) >= 11 is 0. The molecule has 5 aromatic rings. The van der Waals surface area contributed by atoms with E-state index in [2.05, 4.69) is 20.4 Å². The molecule has 5 rings (SSSR count). The van der Waals surface area contributed by atoms with Gasteiger partial charge in [-0.15, -0.1) is 0 Å². The van der Waals surface area contributed by atoms with E-state index in [0.717, 1.165) is 11.1 Å². The summed E-state index contributed by atoms with van der Waals surface area (Å²) in [6.45, 7) is 4.76. The number of hydrogen-bond acceptors (Lipinski definition) is 12. The number of oxazole rings is 1. The number of hydrogen-bond donors (Lipinski definition) is 3. The van der Waals surface area contributed by atoms with E-state index in [-0.39, 0.29) is 60.7 Å². The second-order valence-electron chi connectivity index (χ2n) is 13.5. The van der Waals surface area contributed by atoms with Crippen molar-refractivity contribution in [3.63, 3.8) is 0 Å². The molecule has 0 saturated heterocycles. The Morgan fingerprint density at radius 1 is 0.981 bits per heavy atom. The standard InChI is InChI=1S/C40H46N6O8/c1-25(2)20-32(43-39(51)38(50)29(41)21-26-8-5-4-6-9-26)34(47)10-7-17-52-18-19-53-28-12-13-30(42-24-28)35(48)23-27-11-15-36-33(22-27)44-40(54-36)31-14-16-37(49)46(3)45-31/h4-6,8-9,11-16,22,24-25,29,32,38,50H,7,10,17-21,23,41H2,1-3H3,(H,43,51)/t29-,32+,38+/m1/s1. The Bertz CT molecular complexity index is 2080. The highest BCUT2D eigenvalue weighted by Crippen LogP contribution is 2.24. The quantitative estimate of drug-likeness (QED) is 0.0775. The van der Waals surface area contributed by atoms with Crippen LogP contribution in [0.25, 0.3) is 22.7 Å². The zero-order chi connectivity index (χ0) is 38.6. The van der Waals surface area contributed by atoms with Gasteiger partial charge in [0.05, 0.1) is 18.8 Å². The highest BCUT2D eigenvalue weighted by molar-refractivity contribution is 5.96. The van der Waals surface area contributed by atoms with Crippen molar-refractivity contribution in [2.45, 2.75) is 64.1 Å². The van der Waals surface area contributed by atoms with Gasteiger partial charge in [0.1, 0.15) is 35.4 Å². The summed E-state index contributed by atoms with van der Waals surface area (Å²) in [7, 11) is 1.55. The highest BCUT2D eigenvalue weighted by Gasteiger charge is 2.28. The number of aryl methyl sites for hydroxylation is 1. The van der Waals surface area contributed by atoms with Crippen LogP contribution in [-0.2, 0) is 34.2 Å². The molecular weight excluding hydrogens is 692 g/mol. The fourth-order valence-electron chi connectivity index (χ4n) is 5.75. The Labute approximate surface area is 312 Å². The van der Waals surface area contributed by atoms with E-state index in [9.17, 15) is 24.3 Å². The number of aromatic nitrogens is 4. The van der Waals surface area contributed by atoms with Crippen LogP contribution in [0.2, 0.25) is 0 Å². The van der Waals surface area contributed by atoms with Gasteiger partial charge in [0, 0.05) is 38.6 Å². The molecule has 3 aromatic heterocycles. The largest absolute Gasteiger partial charge is 0.490 e. The molecule has 2 aromatic carbocycles. The van der Waals surface area contributed by atoms with Crippen molar-refractivity contribution in [1.82, 2.24) is 25.1 Å². The van der Waals surface area contributed by atoms with Crippen LogP contribution in [0.4, 0.5) is 0 Å². The number of pyridine rings is 1. The Balaban J connectivity index is 1.00. The van der Waals surface area contributed by atoms with Crippen LogP contribution < -0.4 is 21.3 Å². The Morgan fingerprint density at radius 2 is 1.78 bits per heavy atom. The van der Waals surface area contributed by atoms with E-state index in [1.165, 1.54) is 16.9 Å². The molecule has 0 unspecified atom stereocenters. The first-order valence-electron chi connectivity index (χ1n) is 17.9. The lowest BCUT2D eigenvalue weighted by molar-refractivity contribution is -0.134. The molecule has 0 fully saturated rings. The predicted octanol–water partition coefficient (Wildman–Crippen LogP) is 3.62. The van der Waals surface area contributed by atoms with Gasteiger partial charge in [-0.3, -0.25) is 19.2 Å². The van der Waals surface area contributed by atoms with Crippen LogP contribution >= 0.6 is 0 Å². The summed E-state index contributed by atoms with van der Waals surface area (Å²) in [5, 5.41) is 17.4. The van der Waals surface area contributed by atoms with Gasteiger partial charge < -0.3 is 30.0 Å². The van der Waals surface area contributed by atoms with Gasteiger partial charge in [-0.05, 0) is 66.6 Å². The smallest absolute Gasteiger partial charge is 0.266 e. The van der Waals surface area contributed by atoms with Gasteiger partial charge in [0.25, 0.3) is 11.5 Å². The number of nitrogens with one attached hydrogen (secondary N) is 1. The Morgan fingerprint density at radius 3 is 2.50 bits per heavy atom. The molecule has 14 nitrogen and oxygen atoms in total. The van der Waals surface area contributed by atoms with E-state index < -0.39 is 24.1 Å². The van der Waals surface area contributed by atoms with Crippen LogP contribution in [0.3, 0.4) is 0 Å². The average molecular weight is 739 g/mol. The summed E-state index contributed by atoms with van der Waals surface area (Å²) in [6.07, 6.45) is 1.56. The number of nitrogens with two attached hydrogens (primary N) is 1. The molecule has 0 spiro atoms. The molecule has 0 aliphatic rings. The first kappa shape index (κ1) is 39.6. The van der Waals surface area contributed by atoms with E-state index in [1.54, 1.807) is 43.4 Å². The van der Waals surface area contributed by atoms with Gasteiger partial charge in [0.2, 0.25) is 5.89 Å². The van der Waals surface area contributed by atoms with E-state index in [0.29, 0.717) is 48.4 Å². The van der Waals surface area contributed by atoms with E-state index >= 15 is 0 Å². The number of carbonyl (C=O) groups is 3. The van der Waals surface area contributed by atoms with Crippen LogP contribution in [0.1, 0.15) is 54.7 Å². The summed E-state index contributed by atoms with van der Waals surface area (Å²) in [4.78, 5) is 59.2. The molecule has 0 radical (unpaired) electrons. The molecule has 3 heterocycles. The minimum Gasteiger partial charge on any atom is -0.490 e. The molecule has 0 bridgehead atoms. The maximum atomic E-state index is 13.0. The minimum atomic E-state index is -1.45. The first-order valence-corrected chi connectivity index (χ1v) is 17.9. The number of amides is 1. The fourth-order valence-corrected chi connectivity index (χ4v) is 5.75. The zero-order valence-electron chi connectivity index (χ0n) is 30.6. The number of Topliss-reactive ketones (excluding diaryl/α,β-unsaturated/α-hetero) is 2. The number of ketones is 2. The number of ether oxygens (including phenoxy) is 2. The lowest BCUT2D eigenvalue weighted by atomic mass is 9.96. The highest BCUT2D eigenvalue weighted by atomic mass is 16.5. The summed E-state index contributed by atoms with van der Waals surface area (Å²) in [5.41, 5.74) is 9.31. The number of aliphatic hydroxyl groups excluding tert-OH is 1. The van der Waals surface area contributed by atoms with Crippen molar-refractivity contribution in [2.24, 2.45) is 18.7 Å². The summed E-state index contributed by atoms with van der Waals surface area (Å²) in [5.74, 6) is -0.0749. The van der Waals surface area contributed by atoms with Crippen LogP contribution in [0, 0.1) is 5.92 Å². The molecular formula is C40H46N6O8. The lowest BCUT2D eigenvalue weighted by Gasteiger charge is -2.24. The number of rotatable bonds is 20. The fraction of sp³-hybridized carbons (Fsp3) is 0.375. The maximum absolute atomic E-state index is 13.0. The van der Waals surface area contributed by atoms with Crippen LogP contribution in [-0.4, -0.2) is 80.3 Å². The van der Waals surface area contributed by atoms with Gasteiger partial charge >= 0.3 is 0 Å². The van der Waals surface area contributed by atoms with Gasteiger partial charge in [-0.2, -0.15) is 5.10 Å². The van der Waals surface area contributed by atoms with Crippen molar-refractivity contribution < 1.29 is 33.4 Å². The Kier molecular flexibility index (Phi) is 13.9. The zero-order valence-corrected chi connectivity index (χ0v) is 30.6. The maximum Gasteiger partial charge on any atom is 0.266 e. The molecule has 0 aliphatic carbocycles. The normalized spacial score (nSPS) is 13.1. The molecule has 0 saturated carbocycles. The molecule has 54 heavy (non-hydrogen) atoms. The van der Waals surface area contributed by atoms with Crippen molar-refractivity contribution in [3.05, 3.63) is 106 Å². The second kappa shape index (κ2) is 19.0. The van der Waals surface area contributed by atoms with Gasteiger partial charge in [-0.1, -0.05) is 50.2 Å². The molecule has 4 N–H and O–H groups in total. The van der Waals surface area contributed by atoms with Gasteiger partial charge in [0.15, 0.2) is 17.1 Å². The Hall–Kier alpha value is -5.57. The first-order chi connectivity index (χ1) is 26.0. The van der Waals surface area contributed by atoms with Crippen molar-refractivity contribution in [2.75, 3.05) is 19.8 Å². The lowest BCUT2D eigenvalue weighted by Crippen LogP contribution is -2.52. The topological polar surface area (TPSA) is 202 Å². The molecule has 0 aliphatic heterocycles. The predicted molar refractivity (Wildman–Crippen MR) is 201 cm³/mol. The monoisotopic (exact) mass is 738 g/mol. The third kappa shape index (κ3) is 11.2. The number of benzene rings is 2. The SMILES string of the molecule is CC(C)C[C@H](NC(=O)[C@@H](O)[C@H](N)Cc1ccccc1)C(=O)CCCOCCOc1ccc(C(=O)Cc2ccc3oc(-c4ccc(=O)n(C)n4)nc3c2)nc1. The van der Waals surface area contributed by atoms with Crippen molar-refractivity contribution >= 4 is 28.6 Å². The van der Waals surface area contributed by atoms with Crippen molar-refractivity contribution in [3.8, 4) is 17.3 Å².